The van der Waals surface area contributed by atoms with E-state index in [-0.39, 0.29) is 0 Å². The summed E-state index contributed by atoms with van der Waals surface area (Å²) in [6.45, 7) is 2.13. The van der Waals surface area contributed by atoms with E-state index in [1.807, 2.05) is 12.1 Å². The Balaban J connectivity index is 2.11. The minimum Gasteiger partial charge on any atom is -0.399 e. The molecule has 0 unspecified atom stereocenters. The average Bonchev–Trinajstić information content (AvgIpc) is 2.69. The Hall–Kier alpha value is -1.35. The van der Waals surface area contributed by atoms with Gasteiger partial charge in [-0.05, 0) is 24.1 Å². The molecule has 0 radical (unpaired) electrons. The molecule has 2 rings (SSSR count). The Morgan fingerprint density at radius 1 is 1.27 bits per heavy atom. The van der Waals surface area contributed by atoms with Crippen molar-refractivity contribution in [3.05, 3.63) is 45.9 Å². The second-order valence-corrected chi connectivity index (χ2v) is 4.45. The number of aromatic nitrogens is 1. The molecule has 2 nitrogen and oxygen atoms in total. The lowest BCUT2D eigenvalue weighted by Crippen LogP contribution is -1.90. The number of hydrogen-bond donors (Lipinski definition) is 1. The largest absolute Gasteiger partial charge is 0.399 e. The van der Waals surface area contributed by atoms with E-state index in [9.17, 15) is 0 Å². The van der Waals surface area contributed by atoms with Gasteiger partial charge in [0.25, 0.3) is 0 Å². The second kappa shape index (κ2) is 4.45. The van der Waals surface area contributed by atoms with Crippen molar-refractivity contribution in [2.75, 3.05) is 5.73 Å². The van der Waals surface area contributed by atoms with E-state index in [0.717, 1.165) is 18.5 Å². The van der Waals surface area contributed by atoms with Crippen LogP contribution in [0.15, 0.2) is 29.6 Å². The van der Waals surface area contributed by atoms with Crippen LogP contribution in [0.1, 0.15) is 23.2 Å². The normalized spacial score (nSPS) is 10.5. The quantitative estimate of drug-likeness (QED) is 0.804. The summed E-state index contributed by atoms with van der Waals surface area (Å²) >= 11 is 1.73. The van der Waals surface area contributed by atoms with Crippen molar-refractivity contribution in [3.63, 3.8) is 0 Å². The van der Waals surface area contributed by atoms with Gasteiger partial charge in [-0.2, -0.15) is 0 Å². The molecule has 0 fully saturated rings. The maximum Gasteiger partial charge on any atom is 0.0972 e. The topological polar surface area (TPSA) is 38.9 Å². The fourth-order valence-electron chi connectivity index (χ4n) is 1.40. The van der Waals surface area contributed by atoms with E-state index in [2.05, 4.69) is 29.4 Å². The zero-order valence-corrected chi connectivity index (χ0v) is 9.55. The molecule has 3 heteroatoms. The first-order chi connectivity index (χ1) is 7.28. The number of benzene rings is 1. The van der Waals surface area contributed by atoms with Crippen molar-refractivity contribution in [1.82, 2.24) is 4.98 Å². The number of rotatable bonds is 3. The smallest absolute Gasteiger partial charge is 0.0972 e. The SMILES string of the molecule is CCc1csc(Cc2ccc(N)cc2)n1. The first-order valence-electron chi connectivity index (χ1n) is 5.05. The van der Waals surface area contributed by atoms with Crippen LogP contribution in [0, 0.1) is 0 Å². The van der Waals surface area contributed by atoms with Gasteiger partial charge in [-0.1, -0.05) is 19.1 Å². The highest BCUT2D eigenvalue weighted by molar-refractivity contribution is 7.09. The number of nitrogen functional groups attached to an aromatic ring is 1. The average molecular weight is 218 g/mol. The molecule has 0 aliphatic heterocycles. The van der Waals surface area contributed by atoms with Gasteiger partial charge >= 0.3 is 0 Å². The first kappa shape index (κ1) is 10.2. The van der Waals surface area contributed by atoms with Crippen molar-refractivity contribution >= 4 is 17.0 Å². The van der Waals surface area contributed by atoms with Gasteiger partial charge in [0.2, 0.25) is 0 Å². The molecule has 0 aliphatic carbocycles. The van der Waals surface area contributed by atoms with Crippen LogP contribution in [-0.4, -0.2) is 4.98 Å². The van der Waals surface area contributed by atoms with E-state index in [1.165, 1.54) is 16.3 Å². The molecule has 15 heavy (non-hydrogen) atoms. The first-order valence-corrected chi connectivity index (χ1v) is 5.93. The van der Waals surface area contributed by atoms with Gasteiger partial charge in [-0.15, -0.1) is 11.3 Å². The third-order valence-electron chi connectivity index (χ3n) is 2.30. The summed E-state index contributed by atoms with van der Waals surface area (Å²) in [4.78, 5) is 4.53. The summed E-state index contributed by atoms with van der Waals surface area (Å²) in [7, 11) is 0. The summed E-state index contributed by atoms with van der Waals surface area (Å²) in [6.07, 6.45) is 1.92. The molecule has 2 aromatic rings. The van der Waals surface area contributed by atoms with E-state index in [0.29, 0.717) is 0 Å². The van der Waals surface area contributed by atoms with Crippen molar-refractivity contribution in [2.24, 2.45) is 0 Å². The van der Waals surface area contributed by atoms with Gasteiger partial charge in [0.1, 0.15) is 0 Å². The third kappa shape index (κ3) is 2.57. The number of nitrogens with two attached hydrogens (primary N) is 1. The molecule has 1 aromatic carbocycles. The number of thiazole rings is 1. The molecule has 0 amide bonds. The van der Waals surface area contributed by atoms with Crippen LogP contribution in [0.3, 0.4) is 0 Å². The molecule has 78 valence electrons. The van der Waals surface area contributed by atoms with Crippen LogP contribution in [-0.2, 0) is 12.8 Å². The van der Waals surface area contributed by atoms with Crippen molar-refractivity contribution in [2.45, 2.75) is 19.8 Å². The predicted molar refractivity (Wildman–Crippen MR) is 65.2 cm³/mol. The molecule has 0 saturated carbocycles. The molecule has 0 atom stereocenters. The van der Waals surface area contributed by atoms with Gasteiger partial charge in [-0.25, -0.2) is 4.98 Å². The van der Waals surface area contributed by atoms with Crippen molar-refractivity contribution in [1.29, 1.82) is 0 Å². The van der Waals surface area contributed by atoms with Crippen molar-refractivity contribution < 1.29 is 0 Å². The molecule has 0 spiro atoms. The zero-order chi connectivity index (χ0) is 10.7. The van der Waals surface area contributed by atoms with E-state index in [1.54, 1.807) is 11.3 Å². The lowest BCUT2D eigenvalue weighted by molar-refractivity contribution is 1.02. The summed E-state index contributed by atoms with van der Waals surface area (Å²) in [6, 6.07) is 7.98. The fraction of sp³-hybridized carbons (Fsp3) is 0.250. The summed E-state index contributed by atoms with van der Waals surface area (Å²) in [5.41, 5.74) is 8.90. The molecule has 2 N–H and O–H groups in total. The van der Waals surface area contributed by atoms with Gasteiger partial charge in [0.15, 0.2) is 0 Å². The number of aryl methyl sites for hydroxylation is 1. The van der Waals surface area contributed by atoms with Gasteiger partial charge in [0, 0.05) is 17.5 Å². The van der Waals surface area contributed by atoms with Crippen molar-refractivity contribution in [3.8, 4) is 0 Å². The standard InChI is InChI=1S/C12H14N2S/c1-2-11-8-15-12(14-11)7-9-3-5-10(13)6-4-9/h3-6,8H,2,7,13H2,1H3. The highest BCUT2D eigenvalue weighted by Gasteiger charge is 2.01. The third-order valence-corrected chi connectivity index (χ3v) is 3.19. The highest BCUT2D eigenvalue weighted by Crippen LogP contribution is 2.16. The lowest BCUT2D eigenvalue weighted by atomic mass is 10.1. The monoisotopic (exact) mass is 218 g/mol. The molecule has 0 saturated heterocycles. The van der Waals surface area contributed by atoms with Crippen LogP contribution in [0.5, 0.6) is 0 Å². The predicted octanol–water partition coefficient (Wildman–Crippen LogP) is 2.88. The molecule has 1 heterocycles. The fourth-order valence-corrected chi connectivity index (χ4v) is 2.31. The van der Waals surface area contributed by atoms with Crippen LogP contribution in [0.4, 0.5) is 5.69 Å². The maximum atomic E-state index is 5.63. The maximum absolute atomic E-state index is 5.63. The van der Waals surface area contributed by atoms with Crippen LogP contribution in [0.25, 0.3) is 0 Å². The Bertz CT molecular complexity index is 431. The second-order valence-electron chi connectivity index (χ2n) is 3.50. The minimum absolute atomic E-state index is 0.812. The van der Waals surface area contributed by atoms with Gasteiger partial charge in [-0.3, -0.25) is 0 Å². The van der Waals surface area contributed by atoms with Crippen LogP contribution in [0.2, 0.25) is 0 Å². The summed E-state index contributed by atoms with van der Waals surface area (Å²) < 4.78 is 0. The number of anilines is 1. The molecular formula is C12H14N2S. The van der Waals surface area contributed by atoms with E-state index in [4.69, 9.17) is 5.73 Å². The van der Waals surface area contributed by atoms with E-state index < -0.39 is 0 Å². The van der Waals surface area contributed by atoms with E-state index >= 15 is 0 Å². The Kier molecular flexibility index (Phi) is 3.02. The summed E-state index contributed by atoms with van der Waals surface area (Å²) in [5.74, 6) is 0. The molecular weight excluding hydrogens is 204 g/mol. The number of hydrogen-bond acceptors (Lipinski definition) is 3. The highest BCUT2D eigenvalue weighted by atomic mass is 32.1. The molecule has 1 aromatic heterocycles. The Morgan fingerprint density at radius 2 is 2.00 bits per heavy atom. The molecule has 0 bridgehead atoms. The Morgan fingerprint density at radius 3 is 2.60 bits per heavy atom. The van der Waals surface area contributed by atoms with Gasteiger partial charge in [0.05, 0.1) is 10.7 Å². The minimum atomic E-state index is 0.812. The Labute approximate surface area is 93.8 Å². The van der Waals surface area contributed by atoms with Gasteiger partial charge < -0.3 is 5.73 Å². The lowest BCUT2D eigenvalue weighted by Gasteiger charge is -1.98. The summed E-state index contributed by atoms with van der Waals surface area (Å²) in [5, 5.41) is 3.31. The van der Waals surface area contributed by atoms with Crippen LogP contribution < -0.4 is 5.73 Å². The number of nitrogens with zero attached hydrogens (tertiary/aromatic N) is 1. The zero-order valence-electron chi connectivity index (χ0n) is 8.73. The molecule has 0 aliphatic rings. The van der Waals surface area contributed by atoms with Crippen LogP contribution >= 0.6 is 11.3 Å².